The molecule has 27 heavy (non-hydrogen) atoms. The van der Waals surface area contributed by atoms with E-state index in [0.717, 1.165) is 39.8 Å². The first kappa shape index (κ1) is 17.9. The van der Waals surface area contributed by atoms with Crippen LogP contribution in [0.4, 0.5) is 5.82 Å². The van der Waals surface area contributed by atoms with E-state index < -0.39 is 5.60 Å². The Morgan fingerprint density at radius 3 is 2.85 bits per heavy atom. The van der Waals surface area contributed by atoms with Gasteiger partial charge in [-0.15, -0.1) is 0 Å². The molecule has 0 aromatic carbocycles. The Balaban J connectivity index is 1.92. The predicted octanol–water partition coefficient (Wildman–Crippen LogP) is 2.63. The zero-order valence-electron chi connectivity index (χ0n) is 15.9. The first-order valence-electron chi connectivity index (χ1n) is 8.90. The monoisotopic (exact) mass is 368 g/mol. The number of hydrogen-bond acceptors (Lipinski definition) is 6. The molecule has 2 N–H and O–H groups in total. The van der Waals surface area contributed by atoms with Crippen molar-refractivity contribution in [3.8, 4) is 11.3 Å². The van der Waals surface area contributed by atoms with E-state index in [1.807, 2.05) is 23.7 Å². The number of ether oxygens (including phenoxy) is 3. The Labute approximate surface area is 158 Å². The number of aromatic nitrogens is 3. The van der Waals surface area contributed by atoms with Crippen molar-refractivity contribution in [1.29, 1.82) is 0 Å². The second-order valence-corrected chi connectivity index (χ2v) is 6.96. The van der Waals surface area contributed by atoms with Gasteiger partial charge in [-0.25, -0.2) is 9.97 Å². The second-order valence-electron chi connectivity index (χ2n) is 6.96. The molecule has 142 valence electrons. The molecule has 1 saturated heterocycles. The van der Waals surface area contributed by atoms with Crippen molar-refractivity contribution in [3.05, 3.63) is 41.9 Å². The summed E-state index contributed by atoms with van der Waals surface area (Å²) in [5.74, 6) is 0.487. The van der Waals surface area contributed by atoms with Crippen LogP contribution in [0.5, 0.6) is 0 Å². The molecule has 1 aliphatic heterocycles. The quantitative estimate of drug-likeness (QED) is 0.745. The summed E-state index contributed by atoms with van der Waals surface area (Å²) in [5.41, 5.74) is 10.2. The molecule has 0 radical (unpaired) electrons. The fourth-order valence-electron chi connectivity index (χ4n) is 3.72. The molecule has 7 heteroatoms. The maximum Gasteiger partial charge on any atom is 0.135 e. The summed E-state index contributed by atoms with van der Waals surface area (Å²) in [7, 11) is 5.39. The van der Waals surface area contributed by atoms with Gasteiger partial charge in [0.05, 0.1) is 36.3 Å². The number of aryl methyl sites for hydroxylation is 1. The predicted molar refractivity (Wildman–Crippen MR) is 103 cm³/mol. The van der Waals surface area contributed by atoms with Crippen LogP contribution in [-0.2, 0) is 33.5 Å². The van der Waals surface area contributed by atoms with E-state index in [-0.39, 0.29) is 0 Å². The number of nitrogens with two attached hydrogens (primary N) is 1. The van der Waals surface area contributed by atoms with Gasteiger partial charge in [-0.05, 0) is 23.8 Å². The Hall–Kier alpha value is -2.48. The third-order valence-corrected chi connectivity index (χ3v) is 5.21. The highest BCUT2D eigenvalue weighted by Crippen LogP contribution is 2.36. The van der Waals surface area contributed by atoms with Crippen LogP contribution >= 0.6 is 0 Å². The largest absolute Gasteiger partial charge is 0.384 e. The van der Waals surface area contributed by atoms with Gasteiger partial charge in [0.2, 0.25) is 0 Å². The van der Waals surface area contributed by atoms with Crippen LogP contribution in [0.15, 0.2) is 30.6 Å². The summed E-state index contributed by atoms with van der Waals surface area (Å²) in [4.78, 5) is 9.18. The van der Waals surface area contributed by atoms with Crippen LogP contribution in [-0.4, -0.2) is 42.0 Å². The average Bonchev–Trinajstić information content (AvgIpc) is 3.27. The van der Waals surface area contributed by atoms with E-state index in [4.69, 9.17) is 24.9 Å². The highest BCUT2D eigenvalue weighted by atomic mass is 16.5. The zero-order valence-corrected chi connectivity index (χ0v) is 15.9. The van der Waals surface area contributed by atoms with Crippen LogP contribution in [0.2, 0.25) is 0 Å². The number of fused-ring (bicyclic) bond motifs is 1. The lowest BCUT2D eigenvalue weighted by atomic mass is 9.95. The van der Waals surface area contributed by atoms with Crippen molar-refractivity contribution < 1.29 is 14.2 Å². The lowest BCUT2D eigenvalue weighted by Gasteiger charge is -2.26. The molecule has 3 aromatic heterocycles. The molecule has 0 unspecified atom stereocenters. The molecule has 3 aromatic rings. The molecule has 0 bridgehead atoms. The molecule has 4 rings (SSSR count). The van der Waals surface area contributed by atoms with Crippen molar-refractivity contribution in [2.75, 3.05) is 33.2 Å². The van der Waals surface area contributed by atoms with E-state index in [1.54, 1.807) is 20.4 Å². The van der Waals surface area contributed by atoms with Gasteiger partial charge >= 0.3 is 0 Å². The van der Waals surface area contributed by atoms with E-state index >= 15 is 0 Å². The summed E-state index contributed by atoms with van der Waals surface area (Å²) in [6.45, 7) is 1.66. The summed E-state index contributed by atoms with van der Waals surface area (Å²) >= 11 is 0. The van der Waals surface area contributed by atoms with E-state index in [2.05, 4.69) is 17.2 Å². The number of rotatable bonds is 5. The highest BCUT2D eigenvalue weighted by Gasteiger charge is 2.38. The number of nitrogens with zero attached hydrogens (tertiary/aromatic N) is 3. The van der Waals surface area contributed by atoms with Gasteiger partial charge < -0.3 is 24.5 Å². The minimum atomic E-state index is -0.524. The van der Waals surface area contributed by atoms with Gasteiger partial charge in [-0.3, -0.25) is 0 Å². The number of hydrogen-bond donors (Lipinski definition) is 1. The Morgan fingerprint density at radius 1 is 1.30 bits per heavy atom. The molecular weight excluding hydrogens is 344 g/mol. The first-order valence-corrected chi connectivity index (χ1v) is 8.90. The van der Waals surface area contributed by atoms with Gasteiger partial charge in [-0.1, -0.05) is 0 Å². The molecule has 4 heterocycles. The summed E-state index contributed by atoms with van der Waals surface area (Å²) in [5, 5.41) is 1.02. The van der Waals surface area contributed by atoms with Gasteiger partial charge in [0.1, 0.15) is 11.4 Å². The molecular formula is C20H24N4O3. The van der Waals surface area contributed by atoms with Crippen LogP contribution < -0.4 is 5.73 Å². The molecule has 0 amide bonds. The third kappa shape index (κ3) is 3.07. The second kappa shape index (κ2) is 6.92. The van der Waals surface area contributed by atoms with Gasteiger partial charge in [0.25, 0.3) is 0 Å². The van der Waals surface area contributed by atoms with Crippen molar-refractivity contribution in [2.45, 2.75) is 18.6 Å². The van der Waals surface area contributed by atoms with Crippen molar-refractivity contribution in [1.82, 2.24) is 14.5 Å². The zero-order chi connectivity index (χ0) is 19.0. The van der Waals surface area contributed by atoms with Crippen molar-refractivity contribution in [3.63, 3.8) is 0 Å². The van der Waals surface area contributed by atoms with Crippen LogP contribution in [0, 0.1) is 0 Å². The minimum absolute atomic E-state index is 0.487. The molecule has 1 aliphatic rings. The Kier molecular flexibility index (Phi) is 4.59. The fourth-order valence-corrected chi connectivity index (χ4v) is 3.72. The highest BCUT2D eigenvalue weighted by molar-refractivity contribution is 5.96. The lowest BCUT2D eigenvalue weighted by molar-refractivity contribution is -0.0246. The summed E-state index contributed by atoms with van der Waals surface area (Å²) < 4.78 is 18.9. The maximum atomic E-state index is 5.93. The number of pyridine rings is 2. The minimum Gasteiger partial charge on any atom is -0.384 e. The van der Waals surface area contributed by atoms with Crippen molar-refractivity contribution >= 4 is 16.7 Å². The van der Waals surface area contributed by atoms with Crippen LogP contribution in [0.1, 0.15) is 17.7 Å². The normalized spacial score (nSPS) is 19.8. The van der Waals surface area contributed by atoms with Crippen LogP contribution in [0.3, 0.4) is 0 Å². The van der Waals surface area contributed by atoms with Crippen molar-refractivity contribution in [2.24, 2.45) is 7.05 Å². The molecule has 0 saturated carbocycles. The number of methoxy groups -OCH3 is 2. The molecule has 1 fully saturated rings. The maximum absolute atomic E-state index is 5.93. The topological polar surface area (TPSA) is 84.4 Å². The Morgan fingerprint density at radius 2 is 2.15 bits per heavy atom. The van der Waals surface area contributed by atoms with Gasteiger partial charge in [0, 0.05) is 51.4 Å². The lowest BCUT2D eigenvalue weighted by Crippen LogP contribution is -2.30. The molecule has 1 atom stereocenters. The third-order valence-electron chi connectivity index (χ3n) is 5.21. The Bertz CT molecular complexity index is 977. The molecule has 0 spiro atoms. The fraction of sp³-hybridized carbons (Fsp3) is 0.400. The SMILES string of the molecule is COCc1cc(-c2cn(C)c3cnc(N)cc23)nc([C@]2(OC)CCOC2)c1. The smallest absolute Gasteiger partial charge is 0.135 e. The number of nitrogen functional groups attached to an aromatic ring is 1. The average molecular weight is 368 g/mol. The van der Waals surface area contributed by atoms with E-state index in [9.17, 15) is 0 Å². The van der Waals surface area contributed by atoms with E-state index in [1.165, 1.54) is 0 Å². The molecule has 0 aliphatic carbocycles. The first-order chi connectivity index (χ1) is 13.1. The van der Waals surface area contributed by atoms with Gasteiger partial charge in [-0.2, -0.15) is 0 Å². The summed E-state index contributed by atoms with van der Waals surface area (Å²) in [6.07, 6.45) is 4.62. The summed E-state index contributed by atoms with van der Waals surface area (Å²) in [6, 6.07) is 5.99. The number of anilines is 1. The van der Waals surface area contributed by atoms with E-state index in [0.29, 0.717) is 25.6 Å². The van der Waals surface area contributed by atoms with Crippen LogP contribution in [0.25, 0.3) is 22.2 Å². The standard InChI is InChI=1S/C20H24N4O3/c1-24-10-15(14-8-19(21)22-9-17(14)24)16-6-13(11-25-2)7-18(23-16)20(26-3)4-5-27-12-20/h6-10H,4-5,11-12H2,1-3H3,(H2,21,22)/t20-/m0/s1. The van der Waals surface area contributed by atoms with Gasteiger partial charge in [0.15, 0.2) is 0 Å². The molecule has 7 nitrogen and oxygen atoms in total.